The summed E-state index contributed by atoms with van der Waals surface area (Å²) in [6.07, 6.45) is 0.00658. The highest BCUT2D eigenvalue weighted by molar-refractivity contribution is 7.92. The largest absolute Gasteiger partial charge is 0.501 e. The zero-order chi connectivity index (χ0) is 24.8. The SMILES string of the molecule is C=C(Cc1cc(N(CC)CCO)ccc1C#Cc1ccc(S(=O)(=O)C(F)(F)F)cc1)C(=O)O. The Morgan fingerprint density at radius 2 is 1.76 bits per heavy atom. The summed E-state index contributed by atoms with van der Waals surface area (Å²) in [5, 5.41) is 18.4. The summed E-state index contributed by atoms with van der Waals surface area (Å²) in [5.41, 5.74) is -3.37. The molecule has 2 rings (SSSR count). The molecule has 0 unspecified atom stereocenters. The fraction of sp³-hybridized carbons (Fsp3) is 0.261. The first-order valence-corrected chi connectivity index (χ1v) is 11.2. The van der Waals surface area contributed by atoms with Gasteiger partial charge in [0, 0.05) is 41.9 Å². The van der Waals surface area contributed by atoms with Crippen LogP contribution in [0, 0.1) is 11.8 Å². The van der Waals surface area contributed by atoms with Crippen molar-refractivity contribution in [2.45, 2.75) is 23.7 Å². The monoisotopic (exact) mass is 481 g/mol. The summed E-state index contributed by atoms with van der Waals surface area (Å²) in [5.74, 6) is 4.44. The predicted molar refractivity (Wildman–Crippen MR) is 118 cm³/mol. The molecule has 0 saturated carbocycles. The van der Waals surface area contributed by atoms with Gasteiger partial charge in [-0.2, -0.15) is 13.2 Å². The highest BCUT2D eigenvalue weighted by Crippen LogP contribution is 2.30. The van der Waals surface area contributed by atoms with Crippen LogP contribution in [0.1, 0.15) is 23.6 Å². The van der Waals surface area contributed by atoms with Crippen molar-refractivity contribution in [3.05, 3.63) is 71.3 Å². The normalized spacial score (nSPS) is 11.4. The third-order valence-electron chi connectivity index (χ3n) is 4.72. The number of carboxylic acids is 1. The lowest BCUT2D eigenvalue weighted by molar-refractivity contribution is -0.132. The number of sulfone groups is 1. The number of carboxylic acid groups (broad SMARTS) is 1. The molecule has 0 bridgehead atoms. The molecule has 33 heavy (non-hydrogen) atoms. The summed E-state index contributed by atoms with van der Waals surface area (Å²) >= 11 is 0. The minimum atomic E-state index is -5.44. The van der Waals surface area contributed by atoms with Crippen LogP contribution in [0.15, 0.2) is 59.5 Å². The molecule has 0 radical (unpaired) electrons. The Hall–Kier alpha value is -3.29. The molecule has 0 saturated heterocycles. The Morgan fingerprint density at radius 3 is 2.27 bits per heavy atom. The number of carbonyl (C=O) groups is 1. The van der Waals surface area contributed by atoms with Crippen molar-refractivity contribution in [1.82, 2.24) is 0 Å². The van der Waals surface area contributed by atoms with Crippen LogP contribution >= 0.6 is 0 Å². The Labute approximate surface area is 189 Å². The average Bonchev–Trinajstić information content (AvgIpc) is 2.76. The van der Waals surface area contributed by atoms with Crippen LogP contribution in [0.25, 0.3) is 0 Å². The number of nitrogens with zero attached hydrogens (tertiary/aromatic N) is 1. The lowest BCUT2D eigenvalue weighted by atomic mass is 9.99. The number of hydrogen-bond acceptors (Lipinski definition) is 5. The fourth-order valence-electron chi connectivity index (χ4n) is 2.93. The highest BCUT2D eigenvalue weighted by atomic mass is 32.2. The number of alkyl halides is 3. The molecule has 0 aliphatic rings. The van der Waals surface area contributed by atoms with E-state index < -0.39 is 26.2 Å². The summed E-state index contributed by atoms with van der Waals surface area (Å²) < 4.78 is 61.0. The van der Waals surface area contributed by atoms with Gasteiger partial charge in [-0.15, -0.1) is 0 Å². The molecule has 0 fully saturated rings. The molecule has 0 amide bonds. The van der Waals surface area contributed by atoms with Gasteiger partial charge in [0.05, 0.1) is 11.5 Å². The lowest BCUT2D eigenvalue weighted by Gasteiger charge is -2.23. The van der Waals surface area contributed by atoms with Gasteiger partial charge in [-0.25, -0.2) is 13.2 Å². The van der Waals surface area contributed by atoms with E-state index in [1.165, 1.54) is 0 Å². The number of hydrogen-bond donors (Lipinski definition) is 2. The van der Waals surface area contributed by atoms with Gasteiger partial charge in [0.15, 0.2) is 0 Å². The van der Waals surface area contributed by atoms with E-state index in [1.807, 2.05) is 11.8 Å². The molecule has 0 heterocycles. The minimum absolute atomic E-state index is 0.00658. The van der Waals surface area contributed by atoms with Crippen molar-refractivity contribution in [1.29, 1.82) is 0 Å². The maximum absolute atomic E-state index is 12.7. The van der Waals surface area contributed by atoms with E-state index in [0.29, 0.717) is 24.2 Å². The van der Waals surface area contributed by atoms with Gasteiger partial charge >= 0.3 is 11.5 Å². The average molecular weight is 481 g/mol. The van der Waals surface area contributed by atoms with Gasteiger partial charge < -0.3 is 15.1 Å². The summed E-state index contributed by atoms with van der Waals surface area (Å²) in [7, 11) is -5.44. The van der Waals surface area contributed by atoms with Crippen molar-refractivity contribution in [3.8, 4) is 11.8 Å². The molecule has 2 aromatic carbocycles. The highest BCUT2D eigenvalue weighted by Gasteiger charge is 2.46. The van der Waals surface area contributed by atoms with E-state index in [4.69, 9.17) is 0 Å². The van der Waals surface area contributed by atoms with Crippen LogP contribution < -0.4 is 4.90 Å². The quantitative estimate of drug-likeness (QED) is 0.444. The lowest BCUT2D eigenvalue weighted by Crippen LogP contribution is -2.26. The molecular formula is C23H22F3NO5S. The van der Waals surface area contributed by atoms with Gasteiger partial charge in [0.2, 0.25) is 0 Å². The molecule has 0 aromatic heterocycles. The number of anilines is 1. The van der Waals surface area contributed by atoms with Crippen molar-refractivity contribution in [2.75, 3.05) is 24.6 Å². The van der Waals surface area contributed by atoms with E-state index in [0.717, 1.165) is 30.0 Å². The number of halogens is 3. The van der Waals surface area contributed by atoms with E-state index in [1.54, 1.807) is 18.2 Å². The van der Waals surface area contributed by atoms with Crippen LogP contribution in [-0.2, 0) is 21.1 Å². The minimum Gasteiger partial charge on any atom is -0.478 e. The van der Waals surface area contributed by atoms with E-state index in [2.05, 4.69) is 18.4 Å². The molecule has 0 aliphatic heterocycles. The number of likely N-dealkylation sites (N-methyl/N-ethyl adjacent to an activating group) is 1. The number of aliphatic hydroxyl groups excluding tert-OH is 1. The number of aliphatic carboxylic acids is 1. The molecule has 10 heteroatoms. The first-order valence-electron chi connectivity index (χ1n) is 9.74. The van der Waals surface area contributed by atoms with Crippen molar-refractivity contribution in [2.24, 2.45) is 0 Å². The maximum atomic E-state index is 12.7. The predicted octanol–water partition coefficient (Wildman–Crippen LogP) is 3.38. The summed E-state index contributed by atoms with van der Waals surface area (Å²) in [6, 6.07) is 9.17. The van der Waals surface area contributed by atoms with Crippen LogP contribution in [-0.4, -0.2) is 49.8 Å². The zero-order valence-electron chi connectivity index (χ0n) is 17.7. The molecule has 176 valence electrons. The standard InChI is InChI=1S/C23H22F3NO5S/c1-3-27(12-13-28)20-9-8-18(19(15-20)14-16(2)22(29)30)7-4-17-5-10-21(11-6-17)33(31,32)23(24,25)26/h5-6,8-11,15,28H,2-3,12-14H2,1H3,(H,29,30). The van der Waals surface area contributed by atoms with Gasteiger partial charge in [-0.05, 0) is 55.0 Å². The summed E-state index contributed by atoms with van der Waals surface area (Å²) in [4.78, 5) is 12.3. The first kappa shape index (κ1) is 26.0. The Morgan fingerprint density at radius 1 is 1.12 bits per heavy atom. The second kappa shape index (κ2) is 10.6. The molecule has 2 aromatic rings. The number of aliphatic hydroxyl groups is 1. The molecule has 0 aliphatic carbocycles. The van der Waals surface area contributed by atoms with Crippen molar-refractivity contribution in [3.63, 3.8) is 0 Å². The molecule has 0 atom stereocenters. The van der Waals surface area contributed by atoms with Gasteiger partial charge in [0.25, 0.3) is 9.84 Å². The second-order valence-electron chi connectivity index (χ2n) is 6.95. The topological polar surface area (TPSA) is 94.9 Å². The van der Waals surface area contributed by atoms with Crippen LogP contribution in [0.4, 0.5) is 18.9 Å². The molecule has 0 spiro atoms. The maximum Gasteiger partial charge on any atom is 0.501 e. The number of benzene rings is 2. The number of rotatable bonds is 8. The molecule has 2 N–H and O–H groups in total. The third kappa shape index (κ3) is 6.37. The van der Waals surface area contributed by atoms with E-state index in [-0.39, 0.29) is 24.2 Å². The smallest absolute Gasteiger partial charge is 0.478 e. The Bertz CT molecular complexity index is 1190. The second-order valence-corrected chi connectivity index (χ2v) is 8.89. The van der Waals surface area contributed by atoms with Crippen LogP contribution in [0.2, 0.25) is 0 Å². The van der Waals surface area contributed by atoms with E-state index in [9.17, 15) is 36.6 Å². The zero-order valence-corrected chi connectivity index (χ0v) is 18.5. The summed E-state index contributed by atoms with van der Waals surface area (Å²) in [6.45, 7) is 6.38. The molecular weight excluding hydrogens is 459 g/mol. The van der Waals surface area contributed by atoms with Gasteiger partial charge in [-0.1, -0.05) is 18.4 Å². The third-order valence-corrected chi connectivity index (χ3v) is 6.22. The van der Waals surface area contributed by atoms with Gasteiger partial charge in [0.1, 0.15) is 0 Å². The van der Waals surface area contributed by atoms with Crippen molar-refractivity contribution < 1.29 is 36.6 Å². The van der Waals surface area contributed by atoms with Crippen LogP contribution in [0.3, 0.4) is 0 Å². The van der Waals surface area contributed by atoms with Crippen LogP contribution in [0.5, 0.6) is 0 Å². The van der Waals surface area contributed by atoms with E-state index >= 15 is 0 Å². The molecule has 6 nitrogen and oxygen atoms in total. The first-order chi connectivity index (χ1) is 15.4. The Balaban J connectivity index is 2.42. The Kier molecular flexibility index (Phi) is 8.30. The van der Waals surface area contributed by atoms with Gasteiger partial charge in [-0.3, -0.25) is 0 Å². The fourth-order valence-corrected chi connectivity index (χ4v) is 3.69. The van der Waals surface area contributed by atoms with Crippen molar-refractivity contribution >= 4 is 21.5 Å².